The van der Waals surface area contributed by atoms with Crippen LogP contribution in [-0.4, -0.2) is 35.2 Å². The number of ether oxygens (including phenoxy) is 2. The third kappa shape index (κ3) is 5.09. The molecule has 1 saturated heterocycles. The second-order valence-corrected chi connectivity index (χ2v) is 9.44. The van der Waals surface area contributed by atoms with Crippen molar-refractivity contribution in [3.63, 3.8) is 0 Å². The van der Waals surface area contributed by atoms with Gasteiger partial charge in [-0.1, -0.05) is 48.0 Å². The molecule has 168 valence electrons. The molecular weight excluding hydrogens is 446 g/mol. The molecule has 2 heterocycles. The number of hydrogen-bond acceptors (Lipinski definition) is 5. The van der Waals surface area contributed by atoms with Crippen LogP contribution in [-0.2, 0) is 11.4 Å². The lowest BCUT2D eigenvalue weighted by Gasteiger charge is -2.31. The molecule has 1 aliphatic heterocycles. The zero-order valence-corrected chi connectivity index (χ0v) is 19.4. The molecule has 0 bridgehead atoms. The zero-order chi connectivity index (χ0) is 22.5. The number of halogens is 1. The lowest BCUT2D eigenvalue weighted by atomic mass is 10.0. The van der Waals surface area contributed by atoms with E-state index in [-0.39, 0.29) is 6.04 Å². The van der Waals surface area contributed by atoms with E-state index in [0.29, 0.717) is 42.0 Å². The molecule has 1 N–H and O–H groups in total. The minimum absolute atomic E-state index is 0.210. The van der Waals surface area contributed by atoms with Crippen LogP contribution in [0.2, 0.25) is 4.34 Å². The van der Waals surface area contributed by atoms with E-state index in [2.05, 4.69) is 4.90 Å². The predicted molar refractivity (Wildman–Crippen MR) is 127 cm³/mol. The van der Waals surface area contributed by atoms with Crippen molar-refractivity contribution in [3.05, 3.63) is 81.0 Å². The maximum absolute atomic E-state index is 11.9. The van der Waals surface area contributed by atoms with Crippen LogP contribution in [0.15, 0.2) is 60.7 Å². The van der Waals surface area contributed by atoms with Crippen molar-refractivity contribution in [2.45, 2.75) is 38.5 Å². The fourth-order valence-corrected chi connectivity index (χ4v) is 5.39. The maximum Gasteiger partial charge on any atom is 0.320 e. The minimum atomic E-state index is -0.789. The number of nitrogens with zero attached hydrogens (tertiary/aromatic N) is 1. The first-order valence-electron chi connectivity index (χ1n) is 10.7. The monoisotopic (exact) mass is 471 g/mol. The highest BCUT2D eigenvalue weighted by Gasteiger charge is 2.37. The number of carboxylic acids is 1. The van der Waals surface area contributed by atoms with E-state index in [1.54, 1.807) is 0 Å². The first-order chi connectivity index (χ1) is 15.6. The lowest BCUT2D eigenvalue weighted by molar-refractivity contribution is -0.142. The van der Waals surface area contributed by atoms with Gasteiger partial charge in [0, 0.05) is 11.4 Å². The maximum atomic E-state index is 11.9. The molecule has 1 aliphatic rings. The Morgan fingerprint density at radius 2 is 1.97 bits per heavy atom. The first-order valence-corrected chi connectivity index (χ1v) is 11.9. The van der Waals surface area contributed by atoms with Gasteiger partial charge in [0.1, 0.15) is 12.6 Å². The summed E-state index contributed by atoms with van der Waals surface area (Å²) in [6.45, 7) is 3.60. The van der Waals surface area contributed by atoms with Gasteiger partial charge in [-0.3, -0.25) is 9.69 Å². The van der Waals surface area contributed by atoms with Crippen molar-refractivity contribution in [1.29, 1.82) is 0 Å². The van der Waals surface area contributed by atoms with Gasteiger partial charge in [-0.05, 0) is 55.2 Å². The Labute approximate surface area is 197 Å². The van der Waals surface area contributed by atoms with Crippen molar-refractivity contribution in [1.82, 2.24) is 4.90 Å². The highest BCUT2D eigenvalue weighted by atomic mass is 35.5. The summed E-state index contributed by atoms with van der Waals surface area (Å²) in [5, 5.41) is 9.78. The molecule has 0 aliphatic carbocycles. The summed E-state index contributed by atoms with van der Waals surface area (Å²) in [5.41, 5.74) is 2.04. The molecule has 32 heavy (non-hydrogen) atoms. The van der Waals surface area contributed by atoms with Crippen molar-refractivity contribution in [3.8, 4) is 11.5 Å². The molecule has 4 rings (SSSR count). The molecule has 0 radical (unpaired) electrons. The summed E-state index contributed by atoms with van der Waals surface area (Å²) in [6.07, 6.45) is 1.49. The number of thiophene rings is 1. The van der Waals surface area contributed by atoms with Gasteiger partial charge in [-0.15, -0.1) is 11.3 Å². The van der Waals surface area contributed by atoms with Crippen molar-refractivity contribution in [2.75, 3.05) is 13.2 Å². The Morgan fingerprint density at radius 1 is 1.16 bits per heavy atom. The molecular formula is C25H26ClNO4S. The standard InChI is InChI=1S/C25H26ClNO4S/c1-2-30-21-15-18(10-11-20(21)31-16-17-7-4-3-5-8-17)24(22-12-13-23(26)32-22)27-14-6-9-19(27)25(28)29/h3-5,7-8,10-13,15,19,24H,2,6,9,14,16H2,1H3,(H,28,29). The average Bonchev–Trinajstić information content (AvgIpc) is 3.44. The Kier molecular flexibility index (Phi) is 7.35. The number of carbonyl (C=O) groups is 1. The summed E-state index contributed by atoms with van der Waals surface area (Å²) < 4.78 is 12.6. The molecule has 0 amide bonds. The highest BCUT2D eigenvalue weighted by Crippen LogP contribution is 2.41. The van der Waals surface area contributed by atoms with E-state index in [1.807, 2.05) is 67.6 Å². The number of hydrogen-bond donors (Lipinski definition) is 1. The fourth-order valence-electron chi connectivity index (χ4n) is 4.18. The third-order valence-electron chi connectivity index (χ3n) is 5.59. The SMILES string of the molecule is CCOc1cc(C(c2ccc(Cl)s2)N2CCCC2C(=O)O)ccc1OCc1ccccc1. The Balaban J connectivity index is 1.67. The van der Waals surface area contributed by atoms with Crippen LogP contribution in [0.3, 0.4) is 0 Å². The smallest absolute Gasteiger partial charge is 0.320 e. The van der Waals surface area contributed by atoms with Crippen LogP contribution in [0, 0.1) is 0 Å². The molecule has 5 nitrogen and oxygen atoms in total. The lowest BCUT2D eigenvalue weighted by Crippen LogP contribution is -2.39. The van der Waals surface area contributed by atoms with Gasteiger partial charge in [0.2, 0.25) is 0 Å². The number of aliphatic carboxylic acids is 1. The predicted octanol–water partition coefficient (Wildman–Crippen LogP) is 6.02. The normalized spacial score (nSPS) is 17.2. The van der Waals surface area contributed by atoms with Gasteiger partial charge in [0.05, 0.1) is 17.0 Å². The number of benzene rings is 2. The van der Waals surface area contributed by atoms with Crippen LogP contribution < -0.4 is 9.47 Å². The van der Waals surface area contributed by atoms with Gasteiger partial charge in [0.25, 0.3) is 0 Å². The molecule has 2 atom stereocenters. The van der Waals surface area contributed by atoms with E-state index in [4.69, 9.17) is 21.1 Å². The second kappa shape index (κ2) is 10.4. The van der Waals surface area contributed by atoms with Gasteiger partial charge >= 0.3 is 5.97 Å². The van der Waals surface area contributed by atoms with E-state index < -0.39 is 12.0 Å². The molecule has 2 unspecified atom stereocenters. The van der Waals surface area contributed by atoms with Crippen LogP contribution in [0.1, 0.15) is 41.8 Å². The zero-order valence-electron chi connectivity index (χ0n) is 17.9. The largest absolute Gasteiger partial charge is 0.490 e. The second-order valence-electron chi connectivity index (χ2n) is 7.69. The van der Waals surface area contributed by atoms with Crippen LogP contribution in [0.25, 0.3) is 0 Å². The van der Waals surface area contributed by atoms with Crippen LogP contribution in [0.5, 0.6) is 11.5 Å². The molecule has 0 saturated carbocycles. The number of carboxylic acid groups (broad SMARTS) is 1. The van der Waals surface area contributed by atoms with Gasteiger partial charge in [0.15, 0.2) is 11.5 Å². The van der Waals surface area contributed by atoms with Crippen molar-refractivity contribution >= 4 is 28.9 Å². The van der Waals surface area contributed by atoms with Gasteiger partial charge in [-0.2, -0.15) is 0 Å². The molecule has 3 aromatic rings. The summed E-state index contributed by atoms with van der Waals surface area (Å²) in [5.74, 6) is 0.529. The summed E-state index contributed by atoms with van der Waals surface area (Å²) in [4.78, 5) is 15.0. The Hall–Kier alpha value is -2.54. The number of likely N-dealkylation sites (tertiary alicyclic amines) is 1. The van der Waals surface area contributed by atoms with E-state index in [0.717, 1.165) is 22.4 Å². The van der Waals surface area contributed by atoms with Crippen LogP contribution >= 0.6 is 22.9 Å². The topological polar surface area (TPSA) is 59.0 Å². The Bertz CT molecular complexity index is 1060. The average molecular weight is 472 g/mol. The third-order valence-corrected chi connectivity index (χ3v) is 6.88. The molecule has 7 heteroatoms. The van der Waals surface area contributed by atoms with E-state index in [1.165, 1.54) is 11.3 Å². The highest BCUT2D eigenvalue weighted by molar-refractivity contribution is 7.16. The van der Waals surface area contributed by atoms with Crippen molar-refractivity contribution in [2.24, 2.45) is 0 Å². The molecule has 1 aromatic heterocycles. The summed E-state index contributed by atoms with van der Waals surface area (Å²) in [7, 11) is 0. The molecule has 0 spiro atoms. The van der Waals surface area contributed by atoms with Crippen molar-refractivity contribution < 1.29 is 19.4 Å². The van der Waals surface area contributed by atoms with Gasteiger partial charge < -0.3 is 14.6 Å². The molecule has 1 fully saturated rings. The summed E-state index contributed by atoms with van der Waals surface area (Å²) in [6, 6.07) is 19.0. The van der Waals surface area contributed by atoms with Gasteiger partial charge in [-0.25, -0.2) is 0 Å². The van der Waals surface area contributed by atoms with E-state index >= 15 is 0 Å². The Morgan fingerprint density at radius 3 is 2.66 bits per heavy atom. The van der Waals surface area contributed by atoms with E-state index in [9.17, 15) is 9.90 Å². The number of rotatable bonds is 9. The summed E-state index contributed by atoms with van der Waals surface area (Å²) >= 11 is 7.72. The molecule has 2 aromatic carbocycles. The fraction of sp³-hybridized carbons (Fsp3) is 0.320. The quantitative estimate of drug-likeness (QED) is 0.413. The minimum Gasteiger partial charge on any atom is -0.490 e. The first kappa shape index (κ1) is 22.6. The van der Waals surface area contributed by atoms with Crippen LogP contribution in [0.4, 0.5) is 0 Å².